The van der Waals surface area contributed by atoms with Gasteiger partial charge in [0, 0.05) is 11.5 Å². The van der Waals surface area contributed by atoms with E-state index >= 15 is 0 Å². The molecule has 25 heavy (non-hydrogen) atoms. The third kappa shape index (κ3) is 3.36. The number of carbonyl (C=O) groups is 2. The number of Topliss-reactive ketones (excluding diaryl/α,β-unsaturated/α-hetero) is 1. The van der Waals surface area contributed by atoms with E-state index in [-0.39, 0.29) is 41.5 Å². The van der Waals surface area contributed by atoms with Crippen LogP contribution in [0.4, 0.5) is 0 Å². The van der Waals surface area contributed by atoms with E-state index in [4.69, 9.17) is 9.47 Å². The number of benzene rings is 2. The summed E-state index contributed by atoms with van der Waals surface area (Å²) in [6.07, 6.45) is 0.171. The molecule has 130 valence electrons. The van der Waals surface area contributed by atoms with Gasteiger partial charge in [-0.15, -0.1) is 0 Å². The van der Waals surface area contributed by atoms with Gasteiger partial charge in [-0.2, -0.15) is 0 Å². The average Bonchev–Trinajstić information content (AvgIpc) is 2.54. The second-order valence-corrected chi connectivity index (χ2v) is 6.40. The quantitative estimate of drug-likeness (QED) is 0.520. The standard InChI is InChI=1S/C20H20O5/c1-11(2)24-14-6-4-13(5-7-14)16-10-18(22)25-17-9-8-15(12(3)21)20(23)19(16)17/h4-9,11,16,23H,10H2,1-3H3/t16-/m1/s1. The van der Waals surface area contributed by atoms with Gasteiger partial charge in [-0.05, 0) is 50.6 Å². The number of fused-ring (bicyclic) bond motifs is 1. The Morgan fingerprint density at radius 2 is 1.88 bits per heavy atom. The first-order valence-corrected chi connectivity index (χ1v) is 8.21. The summed E-state index contributed by atoms with van der Waals surface area (Å²) in [6, 6.07) is 10.4. The molecule has 0 bridgehead atoms. The Hall–Kier alpha value is -2.82. The lowest BCUT2D eigenvalue weighted by Crippen LogP contribution is -2.21. The van der Waals surface area contributed by atoms with Crippen molar-refractivity contribution in [1.29, 1.82) is 0 Å². The van der Waals surface area contributed by atoms with Gasteiger partial charge >= 0.3 is 5.97 Å². The van der Waals surface area contributed by atoms with E-state index in [1.807, 2.05) is 38.1 Å². The van der Waals surface area contributed by atoms with Crippen LogP contribution in [-0.2, 0) is 4.79 Å². The lowest BCUT2D eigenvalue weighted by atomic mass is 9.84. The first-order valence-electron chi connectivity index (χ1n) is 8.21. The summed E-state index contributed by atoms with van der Waals surface area (Å²) in [4.78, 5) is 23.7. The Balaban J connectivity index is 2.05. The maximum absolute atomic E-state index is 12.0. The van der Waals surface area contributed by atoms with Crippen LogP contribution in [0.25, 0.3) is 0 Å². The topological polar surface area (TPSA) is 72.8 Å². The third-order valence-corrected chi connectivity index (χ3v) is 4.15. The molecule has 0 saturated heterocycles. The Morgan fingerprint density at radius 3 is 2.48 bits per heavy atom. The number of phenols is 1. The fraction of sp³-hybridized carbons (Fsp3) is 0.300. The van der Waals surface area contributed by atoms with Crippen LogP contribution in [0.15, 0.2) is 36.4 Å². The van der Waals surface area contributed by atoms with Crippen LogP contribution < -0.4 is 9.47 Å². The summed E-state index contributed by atoms with van der Waals surface area (Å²) in [7, 11) is 0. The van der Waals surface area contributed by atoms with Crippen molar-refractivity contribution in [3.63, 3.8) is 0 Å². The maximum atomic E-state index is 12.0. The van der Waals surface area contributed by atoms with E-state index < -0.39 is 0 Å². The zero-order valence-corrected chi connectivity index (χ0v) is 14.4. The lowest BCUT2D eigenvalue weighted by molar-refractivity contribution is -0.135. The lowest BCUT2D eigenvalue weighted by Gasteiger charge is -2.26. The maximum Gasteiger partial charge on any atom is 0.312 e. The molecule has 5 heteroatoms. The predicted molar refractivity (Wildman–Crippen MR) is 92.4 cm³/mol. The Kier molecular flexibility index (Phi) is 4.49. The highest BCUT2D eigenvalue weighted by molar-refractivity contribution is 5.98. The number of carbonyl (C=O) groups excluding carboxylic acids is 2. The van der Waals surface area contributed by atoms with Crippen molar-refractivity contribution < 1.29 is 24.2 Å². The fourth-order valence-corrected chi connectivity index (χ4v) is 3.07. The van der Waals surface area contributed by atoms with Crippen LogP contribution in [0.2, 0.25) is 0 Å². The van der Waals surface area contributed by atoms with Crippen LogP contribution in [0.3, 0.4) is 0 Å². The molecule has 2 aromatic rings. The summed E-state index contributed by atoms with van der Waals surface area (Å²) in [6.45, 7) is 5.29. The van der Waals surface area contributed by atoms with Crippen LogP contribution >= 0.6 is 0 Å². The summed E-state index contributed by atoms with van der Waals surface area (Å²) in [5.41, 5.74) is 1.55. The van der Waals surface area contributed by atoms with E-state index in [0.29, 0.717) is 11.3 Å². The molecule has 0 aliphatic carbocycles. The molecule has 0 fully saturated rings. The van der Waals surface area contributed by atoms with Crippen molar-refractivity contribution in [3.8, 4) is 17.2 Å². The van der Waals surface area contributed by atoms with E-state index in [2.05, 4.69) is 0 Å². The molecule has 0 amide bonds. The normalized spacial score (nSPS) is 16.3. The first-order chi connectivity index (χ1) is 11.9. The SMILES string of the molecule is CC(=O)c1ccc2c(c1O)[C@@H](c1ccc(OC(C)C)cc1)CC(=O)O2. The molecule has 5 nitrogen and oxygen atoms in total. The number of rotatable bonds is 4. The van der Waals surface area contributed by atoms with Crippen LogP contribution in [0.1, 0.15) is 54.6 Å². The molecular weight excluding hydrogens is 320 g/mol. The van der Waals surface area contributed by atoms with Gasteiger partial charge in [0.2, 0.25) is 0 Å². The number of ether oxygens (including phenoxy) is 2. The monoisotopic (exact) mass is 340 g/mol. The highest BCUT2D eigenvalue weighted by Gasteiger charge is 2.32. The molecule has 1 aliphatic rings. The van der Waals surface area contributed by atoms with Gasteiger partial charge in [0.25, 0.3) is 0 Å². The molecule has 0 aromatic heterocycles. The zero-order valence-electron chi connectivity index (χ0n) is 14.4. The summed E-state index contributed by atoms with van der Waals surface area (Å²) in [5, 5.41) is 10.6. The average molecular weight is 340 g/mol. The van der Waals surface area contributed by atoms with E-state index in [1.165, 1.54) is 13.0 Å². The van der Waals surface area contributed by atoms with E-state index in [9.17, 15) is 14.7 Å². The van der Waals surface area contributed by atoms with Crippen molar-refractivity contribution in [2.45, 2.75) is 39.2 Å². The van der Waals surface area contributed by atoms with E-state index in [1.54, 1.807) is 6.07 Å². The number of hydrogen-bond acceptors (Lipinski definition) is 5. The first kappa shape index (κ1) is 17.0. The number of hydrogen-bond donors (Lipinski definition) is 1. The summed E-state index contributed by atoms with van der Waals surface area (Å²) >= 11 is 0. The number of esters is 1. The molecule has 0 saturated carbocycles. The van der Waals surface area contributed by atoms with Crippen molar-refractivity contribution >= 4 is 11.8 Å². The largest absolute Gasteiger partial charge is 0.507 e. The third-order valence-electron chi connectivity index (χ3n) is 4.15. The van der Waals surface area contributed by atoms with Gasteiger partial charge in [-0.25, -0.2) is 0 Å². The fourth-order valence-electron chi connectivity index (χ4n) is 3.07. The Labute approximate surface area is 146 Å². The van der Waals surface area contributed by atoms with Gasteiger partial charge in [-0.3, -0.25) is 9.59 Å². The Morgan fingerprint density at radius 1 is 1.20 bits per heavy atom. The predicted octanol–water partition coefficient (Wildman–Crippen LogP) is 3.82. The minimum Gasteiger partial charge on any atom is -0.507 e. The molecule has 1 heterocycles. The highest BCUT2D eigenvalue weighted by Crippen LogP contribution is 2.45. The molecule has 0 unspecified atom stereocenters. The molecule has 0 radical (unpaired) electrons. The van der Waals surface area contributed by atoms with Gasteiger partial charge < -0.3 is 14.6 Å². The Bertz CT molecular complexity index is 821. The molecule has 3 rings (SSSR count). The van der Waals surface area contributed by atoms with Crippen molar-refractivity contribution in [2.75, 3.05) is 0 Å². The second kappa shape index (κ2) is 6.59. The number of phenolic OH excluding ortho intramolecular Hbond substituents is 1. The van der Waals surface area contributed by atoms with Crippen molar-refractivity contribution in [3.05, 3.63) is 53.1 Å². The van der Waals surface area contributed by atoms with Crippen LogP contribution in [0, 0.1) is 0 Å². The van der Waals surface area contributed by atoms with Gasteiger partial charge in [0.1, 0.15) is 17.2 Å². The molecular formula is C20H20O5. The molecule has 0 spiro atoms. The highest BCUT2D eigenvalue weighted by atomic mass is 16.5. The zero-order chi connectivity index (χ0) is 18.1. The summed E-state index contributed by atoms with van der Waals surface area (Å²) in [5.74, 6) is -0.0643. The summed E-state index contributed by atoms with van der Waals surface area (Å²) < 4.78 is 10.9. The molecule has 1 N–H and O–H groups in total. The molecule has 1 atom stereocenters. The molecule has 1 aliphatic heterocycles. The van der Waals surface area contributed by atoms with Crippen molar-refractivity contribution in [2.24, 2.45) is 0 Å². The van der Waals surface area contributed by atoms with Gasteiger partial charge in [0.15, 0.2) is 5.78 Å². The minimum absolute atomic E-state index is 0.0680. The minimum atomic E-state index is -0.372. The molecule has 2 aromatic carbocycles. The van der Waals surface area contributed by atoms with E-state index in [0.717, 1.165) is 11.3 Å². The van der Waals surface area contributed by atoms with Gasteiger partial charge in [-0.1, -0.05) is 12.1 Å². The number of aromatic hydroxyl groups is 1. The smallest absolute Gasteiger partial charge is 0.312 e. The van der Waals surface area contributed by atoms with Crippen LogP contribution in [0.5, 0.6) is 17.2 Å². The number of ketones is 1. The second-order valence-electron chi connectivity index (χ2n) is 6.40. The van der Waals surface area contributed by atoms with Crippen molar-refractivity contribution in [1.82, 2.24) is 0 Å². The van der Waals surface area contributed by atoms with Crippen LogP contribution in [-0.4, -0.2) is 23.0 Å². The van der Waals surface area contributed by atoms with Gasteiger partial charge in [0.05, 0.1) is 18.1 Å².